The summed E-state index contributed by atoms with van der Waals surface area (Å²) in [5.41, 5.74) is -0.150. The van der Waals surface area contributed by atoms with Crippen LogP contribution in [0.4, 0.5) is 13.6 Å². The Morgan fingerprint density at radius 2 is 1.76 bits per heavy atom. The van der Waals surface area contributed by atoms with Gasteiger partial charge in [0.05, 0.1) is 5.56 Å². The van der Waals surface area contributed by atoms with Gasteiger partial charge in [-0.25, -0.2) is 13.6 Å². The normalized spacial score (nSPS) is 15.0. The zero-order valence-corrected chi connectivity index (χ0v) is 11.7. The molecular formula is C14H17F2N3O2. The molecule has 114 valence electrons. The molecule has 7 heteroatoms. The first-order valence-corrected chi connectivity index (χ1v) is 6.80. The van der Waals surface area contributed by atoms with Crippen LogP contribution in [0.5, 0.6) is 0 Å². The van der Waals surface area contributed by atoms with Gasteiger partial charge in [-0.15, -0.1) is 0 Å². The molecule has 1 aromatic carbocycles. The Balaban J connectivity index is 1.98. The molecule has 1 aliphatic rings. The SMILES string of the molecule is CCNC(=O)N1CCN(C(=O)c2ccc(F)cc2F)CC1. The fourth-order valence-electron chi connectivity index (χ4n) is 2.21. The van der Waals surface area contributed by atoms with Crippen LogP contribution in [0.2, 0.25) is 0 Å². The molecule has 1 aliphatic heterocycles. The van der Waals surface area contributed by atoms with E-state index in [-0.39, 0.29) is 11.6 Å². The third-order valence-electron chi connectivity index (χ3n) is 3.34. The lowest BCUT2D eigenvalue weighted by Gasteiger charge is -2.34. The van der Waals surface area contributed by atoms with Gasteiger partial charge in [0.1, 0.15) is 11.6 Å². The summed E-state index contributed by atoms with van der Waals surface area (Å²) in [4.78, 5) is 26.9. The topological polar surface area (TPSA) is 52.7 Å². The molecule has 1 aromatic rings. The molecule has 1 heterocycles. The standard InChI is InChI=1S/C14H17F2N3O2/c1-2-17-14(21)19-7-5-18(6-8-19)13(20)11-4-3-10(15)9-12(11)16/h3-4,9H,2,5-8H2,1H3,(H,17,21). The van der Waals surface area contributed by atoms with Crippen molar-refractivity contribution in [1.82, 2.24) is 15.1 Å². The third-order valence-corrected chi connectivity index (χ3v) is 3.34. The number of urea groups is 1. The van der Waals surface area contributed by atoms with Crippen LogP contribution in [-0.4, -0.2) is 54.5 Å². The first kappa shape index (κ1) is 15.2. The van der Waals surface area contributed by atoms with Gasteiger partial charge in [-0.2, -0.15) is 0 Å². The van der Waals surface area contributed by atoms with E-state index in [1.165, 1.54) is 4.90 Å². The van der Waals surface area contributed by atoms with E-state index in [4.69, 9.17) is 0 Å². The molecule has 0 bridgehead atoms. The van der Waals surface area contributed by atoms with E-state index in [2.05, 4.69) is 5.32 Å². The van der Waals surface area contributed by atoms with E-state index in [0.717, 1.165) is 12.1 Å². The molecule has 1 fully saturated rings. The predicted molar refractivity (Wildman–Crippen MR) is 72.9 cm³/mol. The molecule has 0 radical (unpaired) electrons. The van der Waals surface area contributed by atoms with Crippen LogP contribution in [0.15, 0.2) is 18.2 Å². The van der Waals surface area contributed by atoms with Gasteiger partial charge in [0.2, 0.25) is 0 Å². The monoisotopic (exact) mass is 297 g/mol. The highest BCUT2D eigenvalue weighted by atomic mass is 19.1. The van der Waals surface area contributed by atoms with Gasteiger partial charge in [0.25, 0.3) is 5.91 Å². The second-order valence-electron chi connectivity index (χ2n) is 4.74. The van der Waals surface area contributed by atoms with E-state index in [1.54, 1.807) is 4.90 Å². The van der Waals surface area contributed by atoms with Crippen LogP contribution in [-0.2, 0) is 0 Å². The van der Waals surface area contributed by atoms with Crippen molar-refractivity contribution in [2.75, 3.05) is 32.7 Å². The number of nitrogens with one attached hydrogen (secondary N) is 1. The minimum Gasteiger partial charge on any atom is -0.338 e. The zero-order valence-electron chi connectivity index (χ0n) is 11.7. The second-order valence-corrected chi connectivity index (χ2v) is 4.74. The van der Waals surface area contributed by atoms with Crippen LogP contribution in [0.25, 0.3) is 0 Å². The Kier molecular flexibility index (Phi) is 4.72. The maximum Gasteiger partial charge on any atom is 0.317 e. The molecule has 1 N–H and O–H groups in total. The van der Waals surface area contributed by atoms with Crippen molar-refractivity contribution in [3.05, 3.63) is 35.4 Å². The fraction of sp³-hybridized carbons (Fsp3) is 0.429. The number of nitrogens with zero attached hydrogens (tertiary/aromatic N) is 2. The lowest BCUT2D eigenvalue weighted by molar-refractivity contribution is 0.0660. The van der Waals surface area contributed by atoms with Gasteiger partial charge >= 0.3 is 6.03 Å². The molecule has 0 spiro atoms. The number of halogens is 2. The van der Waals surface area contributed by atoms with Gasteiger partial charge in [0.15, 0.2) is 0 Å². The number of hydrogen-bond acceptors (Lipinski definition) is 2. The molecule has 21 heavy (non-hydrogen) atoms. The Hall–Kier alpha value is -2.18. The summed E-state index contributed by atoms with van der Waals surface area (Å²) < 4.78 is 26.4. The quantitative estimate of drug-likeness (QED) is 0.898. The van der Waals surface area contributed by atoms with E-state index in [9.17, 15) is 18.4 Å². The van der Waals surface area contributed by atoms with E-state index in [0.29, 0.717) is 38.8 Å². The molecule has 0 aliphatic carbocycles. The Bertz CT molecular complexity index is 543. The number of carbonyl (C=O) groups excluding carboxylic acids is 2. The highest BCUT2D eigenvalue weighted by Gasteiger charge is 2.26. The van der Waals surface area contributed by atoms with Gasteiger partial charge in [-0.3, -0.25) is 4.79 Å². The Labute approximate surface area is 121 Å². The summed E-state index contributed by atoms with van der Waals surface area (Å²) >= 11 is 0. The first-order chi connectivity index (χ1) is 10.0. The van der Waals surface area contributed by atoms with Crippen LogP contribution in [0.3, 0.4) is 0 Å². The maximum absolute atomic E-state index is 13.6. The summed E-state index contributed by atoms with van der Waals surface area (Å²) in [7, 11) is 0. The average Bonchev–Trinajstić information content (AvgIpc) is 2.47. The summed E-state index contributed by atoms with van der Waals surface area (Å²) in [6.45, 7) is 3.80. The summed E-state index contributed by atoms with van der Waals surface area (Å²) in [6.07, 6.45) is 0. The van der Waals surface area contributed by atoms with Gasteiger partial charge in [-0.05, 0) is 19.1 Å². The minimum absolute atomic E-state index is 0.150. The van der Waals surface area contributed by atoms with Crippen molar-refractivity contribution in [3.63, 3.8) is 0 Å². The van der Waals surface area contributed by atoms with Crippen molar-refractivity contribution in [3.8, 4) is 0 Å². The number of carbonyl (C=O) groups is 2. The molecule has 0 atom stereocenters. The van der Waals surface area contributed by atoms with Crippen molar-refractivity contribution in [2.24, 2.45) is 0 Å². The van der Waals surface area contributed by atoms with Crippen molar-refractivity contribution in [2.45, 2.75) is 6.92 Å². The molecule has 5 nitrogen and oxygen atoms in total. The number of hydrogen-bond donors (Lipinski definition) is 1. The zero-order chi connectivity index (χ0) is 15.4. The van der Waals surface area contributed by atoms with E-state index < -0.39 is 17.5 Å². The highest BCUT2D eigenvalue weighted by Crippen LogP contribution is 2.14. The largest absolute Gasteiger partial charge is 0.338 e. The van der Waals surface area contributed by atoms with Gasteiger partial charge < -0.3 is 15.1 Å². The summed E-state index contributed by atoms with van der Waals surface area (Å²) in [6, 6.07) is 2.72. The van der Waals surface area contributed by atoms with E-state index in [1.807, 2.05) is 6.92 Å². The summed E-state index contributed by atoms with van der Waals surface area (Å²) in [5.74, 6) is -2.07. The smallest absolute Gasteiger partial charge is 0.317 e. The molecule has 1 saturated heterocycles. The van der Waals surface area contributed by atoms with Crippen LogP contribution >= 0.6 is 0 Å². The second kappa shape index (κ2) is 6.51. The first-order valence-electron chi connectivity index (χ1n) is 6.80. The molecule has 2 rings (SSSR count). The minimum atomic E-state index is -0.869. The Morgan fingerprint density at radius 1 is 1.14 bits per heavy atom. The van der Waals surface area contributed by atoms with Gasteiger partial charge in [0, 0.05) is 38.8 Å². The predicted octanol–water partition coefficient (Wildman–Crippen LogP) is 1.45. The molecule has 0 unspecified atom stereocenters. The maximum atomic E-state index is 13.6. The summed E-state index contributed by atoms with van der Waals surface area (Å²) in [5, 5.41) is 2.69. The van der Waals surface area contributed by atoms with Gasteiger partial charge in [-0.1, -0.05) is 0 Å². The van der Waals surface area contributed by atoms with Crippen LogP contribution < -0.4 is 5.32 Å². The van der Waals surface area contributed by atoms with Crippen LogP contribution in [0, 0.1) is 11.6 Å². The molecule has 3 amide bonds. The highest BCUT2D eigenvalue weighted by molar-refractivity contribution is 5.94. The molecule has 0 saturated carbocycles. The number of piperazine rings is 1. The third kappa shape index (κ3) is 3.48. The molecule has 0 aromatic heterocycles. The average molecular weight is 297 g/mol. The molecular weight excluding hydrogens is 280 g/mol. The Morgan fingerprint density at radius 3 is 2.33 bits per heavy atom. The van der Waals surface area contributed by atoms with Crippen LogP contribution in [0.1, 0.15) is 17.3 Å². The fourth-order valence-corrected chi connectivity index (χ4v) is 2.21. The number of benzene rings is 1. The lowest BCUT2D eigenvalue weighted by atomic mass is 10.1. The van der Waals surface area contributed by atoms with E-state index >= 15 is 0 Å². The number of amides is 3. The van der Waals surface area contributed by atoms with Crippen molar-refractivity contribution >= 4 is 11.9 Å². The van der Waals surface area contributed by atoms with Crippen molar-refractivity contribution < 1.29 is 18.4 Å². The number of rotatable bonds is 2. The lowest BCUT2D eigenvalue weighted by Crippen LogP contribution is -2.53. The van der Waals surface area contributed by atoms with Crippen molar-refractivity contribution in [1.29, 1.82) is 0 Å².